The van der Waals surface area contributed by atoms with E-state index in [2.05, 4.69) is 20.7 Å². The molecule has 0 bridgehead atoms. The monoisotopic (exact) mass is 278 g/mol. The SMILES string of the molecule is CS(=O)(=O)NCc1cc(Br)ccc1N. The number of nitrogens with two attached hydrogens (primary N) is 1. The van der Waals surface area contributed by atoms with E-state index in [1.54, 1.807) is 18.2 Å². The highest BCUT2D eigenvalue weighted by atomic mass is 79.9. The molecule has 1 rings (SSSR count). The fourth-order valence-corrected chi connectivity index (χ4v) is 1.76. The summed E-state index contributed by atoms with van der Waals surface area (Å²) in [6.07, 6.45) is 1.11. The molecule has 0 saturated heterocycles. The normalized spacial score (nSPS) is 11.6. The van der Waals surface area contributed by atoms with E-state index >= 15 is 0 Å². The molecule has 0 spiro atoms. The molecule has 0 atom stereocenters. The van der Waals surface area contributed by atoms with E-state index in [0.29, 0.717) is 5.69 Å². The van der Waals surface area contributed by atoms with E-state index in [-0.39, 0.29) is 6.54 Å². The quantitative estimate of drug-likeness (QED) is 0.813. The van der Waals surface area contributed by atoms with Crippen molar-refractivity contribution in [1.29, 1.82) is 0 Å². The molecule has 3 N–H and O–H groups in total. The Bertz CT molecular complexity index is 431. The Morgan fingerprint density at radius 2 is 2.14 bits per heavy atom. The highest BCUT2D eigenvalue weighted by Gasteiger charge is 2.04. The van der Waals surface area contributed by atoms with Crippen molar-refractivity contribution < 1.29 is 8.42 Å². The first kappa shape index (κ1) is 11.5. The van der Waals surface area contributed by atoms with Gasteiger partial charge in [-0.1, -0.05) is 15.9 Å². The predicted octanol–water partition coefficient (Wildman–Crippen LogP) is 1.08. The number of benzene rings is 1. The van der Waals surface area contributed by atoms with Crippen LogP contribution in [0.15, 0.2) is 22.7 Å². The van der Waals surface area contributed by atoms with Crippen molar-refractivity contribution in [3.05, 3.63) is 28.2 Å². The number of anilines is 1. The Kier molecular flexibility index (Phi) is 3.52. The van der Waals surface area contributed by atoms with Crippen LogP contribution in [0.2, 0.25) is 0 Å². The third-order valence-electron chi connectivity index (χ3n) is 1.63. The van der Waals surface area contributed by atoms with Gasteiger partial charge in [-0.25, -0.2) is 13.1 Å². The maximum absolute atomic E-state index is 10.8. The van der Waals surface area contributed by atoms with Gasteiger partial charge in [0.15, 0.2) is 0 Å². The Hall–Kier alpha value is -0.590. The van der Waals surface area contributed by atoms with E-state index in [4.69, 9.17) is 5.73 Å². The number of halogens is 1. The lowest BCUT2D eigenvalue weighted by Gasteiger charge is -2.06. The molecule has 1 aromatic carbocycles. The highest BCUT2D eigenvalue weighted by Crippen LogP contribution is 2.18. The second-order valence-corrected chi connectivity index (χ2v) is 5.69. The molecule has 0 heterocycles. The van der Waals surface area contributed by atoms with Gasteiger partial charge in [-0.15, -0.1) is 0 Å². The minimum absolute atomic E-state index is 0.212. The maximum Gasteiger partial charge on any atom is 0.209 e. The largest absolute Gasteiger partial charge is 0.398 e. The zero-order valence-corrected chi connectivity index (χ0v) is 10.0. The average Bonchev–Trinajstić information content (AvgIpc) is 2.05. The van der Waals surface area contributed by atoms with Crippen molar-refractivity contribution in [2.75, 3.05) is 12.0 Å². The molecule has 0 aromatic heterocycles. The number of hydrogen-bond donors (Lipinski definition) is 2. The molecule has 6 heteroatoms. The van der Waals surface area contributed by atoms with Crippen molar-refractivity contribution in [3.8, 4) is 0 Å². The highest BCUT2D eigenvalue weighted by molar-refractivity contribution is 9.10. The van der Waals surface area contributed by atoms with E-state index in [1.807, 2.05) is 0 Å². The van der Waals surface area contributed by atoms with Crippen LogP contribution in [0, 0.1) is 0 Å². The molecule has 0 saturated carbocycles. The van der Waals surface area contributed by atoms with Crippen LogP contribution in [-0.2, 0) is 16.6 Å². The van der Waals surface area contributed by atoms with Crippen LogP contribution in [0.4, 0.5) is 5.69 Å². The third kappa shape index (κ3) is 3.65. The molecule has 0 aliphatic rings. The van der Waals surface area contributed by atoms with Crippen LogP contribution in [0.1, 0.15) is 5.56 Å². The molecule has 0 fully saturated rings. The molecule has 0 aliphatic heterocycles. The second-order valence-electron chi connectivity index (χ2n) is 2.94. The zero-order valence-electron chi connectivity index (χ0n) is 7.62. The third-order valence-corrected chi connectivity index (χ3v) is 2.79. The molecular weight excluding hydrogens is 268 g/mol. The molecule has 0 radical (unpaired) electrons. The standard InChI is InChI=1S/C8H11BrN2O2S/c1-14(12,13)11-5-6-4-7(9)2-3-8(6)10/h2-4,11H,5,10H2,1H3. The van der Waals surface area contributed by atoms with Gasteiger partial charge in [-0.2, -0.15) is 0 Å². The van der Waals surface area contributed by atoms with Crippen LogP contribution >= 0.6 is 15.9 Å². The van der Waals surface area contributed by atoms with Gasteiger partial charge in [0.05, 0.1) is 6.26 Å². The van der Waals surface area contributed by atoms with E-state index in [1.165, 1.54) is 0 Å². The molecule has 78 valence electrons. The molecular formula is C8H11BrN2O2S. The van der Waals surface area contributed by atoms with Crippen molar-refractivity contribution in [3.63, 3.8) is 0 Å². The smallest absolute Gasteiger partial charge is 0.209 e. The van der Waals surface area contributed by atoms with E-state index < -0.39 is 10.0 Å². The molecule has 0 unspecified atom stereocenters. The van der Waals surface area contributed by atoms with Crippen molar-refractivity contribution in [2.45, 2.75) is 6.54 Å². The summed E-state index contributed by atoms with van der Waals surface area (Å²) in [7, 11) is -3.17. The average molecular weight is 279 g/mol. The van der Waals surface area contributed by atoms with Gasteiger partial charge in [-0.05, 0) is 23.8 Å². The van der Waals surface area contributed by atoms with Crippen LogP contribution < -0.4 is 10.5 Å². The zero-order chi connectivity index (χ0) is 10.8. The minimum atomic E-state index is -3.17. The van der Waals surface area contributed by atoms with Gasteiger partial charge >= 0.3 is 0 Å². The summed E-state index contributed by atoms with van der Waals surface area (Å²) in [4.78, 5) is 0. The minimum Gasteiger partial charge on any atom is -0.398 e. The fourth-order valence-electron chi connectivity index (χ4n) is 0.936. The number of rotatable bonds is 3. The Morgan fingerprint density at radius 3 is 2.71 bits per heavy atom. The second kappa shape index (κ2) is 4.29. The molecule has 0 aliphatic carbocycles. The van der Waals surface area contributed by atoms with Crippen molar-refractivity contribution >= 4 is 31.6 Å². The van der Waals surface area contributed by atoms with Crippen LogP contribution in [-0.4, -0.2) is 14.7 Å². The summed E-state index contributed by atoms with van der Waals surface area (Å²) >= 11 is 3.28. The van der Waals surface area contributed by atoms with E-state index in [0.717, 1.165) is 16.3 Å². The van der Waals surface area contributed by atoms with Crippen molar-refractivity contribution in [1.82, 2.24) is 4.72 Å². The maximum atomic E-state index is 10.8. The summed E-state index contributed by atoms with van der Waals surface area (Å²) < 4.78 is 24.9. The fraction of sp³-hybridized carbons (Fsp3) is 0.250. The number of sulfonamides is 1. The first-order valence-electron chi connectivity index (χ1n) is 3.87. The lowest BCUT2D eigenvalue weighted by molar-refractivity contribution is 0.587. The lowest BCUT2D eigenvalue weighted by atomic mass is 10.2. The molecule has 1 aromatic rings. The summed E-state index contributed by atoms with van der Waals surface area (Å²) in [5, 5.41) is 0. The van der Waals surface area contributed by atoms with Crippen LogP contribution in [0.3, 0.4) is 0 Å². The Balaban J connectivity index is 2.81. The van der Waals surface area contributed by atoms with Gasteiger partial charge in [-0.3, -0.25) is 0 Å². The number of nitrogen functional groups attached to an aromatic ring is 1. The summed E-state index contributed by atoms with van der Waals surface area (Å²) in [6.45, 7) is 0.212. The van der Waals surface area contributed by atoms with Crippen molar-refractivity contribution in [2.24, 2.45) is 0 Å². The van der Waals surface area contributed by atoms with Gasteiger partial charge in [0.1, 0.15) is 0 Å². The summed E-state index contributed by atoms with van der Waals surface area (Å²) in [5.41, 5.74) is 6.99. The first-order chi connectivity index (χ1) is 6.38. The summed E-state index contributed by atoms with van der Waals surface area (Å²) in [6, 6.07) is 5.32. The lowest BCUT2D eigenvalue weighted by Crippen LogP contribution is -2.21. The van der Waals surface area contributed by atoms with Crippen LogP contribution in [0.25, 0.3) is 0 Å². The van der Waals surface area contributed by atoms with Crippen LogP contribution in [0.5, 0.6) is 0 Å². The number of hydrogen-bond acceptors (Lipinski definition) is 3. The van der Waals surface area contributed by atoms with E-state index in [9.17, 15) is 8.42 Å². The van der Waals surface area contributed by atoms with Gasteiger partial charge in [0.2, 0.25) is 10.0 Å². The predicted molar refractivity (Wildman–Crippen MR) is 60.2 cm³/mol. The number of nitrogens with one attached hydrogen (secondary N) is 1. The first-order valence-corrected chi connectivity index (χ1v) is 6.55. The summed E-state index contributed by atoms with van der Waals surface area (Å²) in [5.74, 6) is 0. The van der Waals surface area contributed by atoms with Gasteiger partial charge in [0.25, 0.3) is 0 Å². The molecule has 0 amide bonds. The molecule has 14 heavy (non-hydrogen) atoms. The molecule has 4 nitrogen and oxygen atoms in total. The Labute approximate surface area is 91.7 Å². The topological polar surface area (TPSA) is 72.2 Å². The Morgan fingerprint density at radius 1 is 1.50 bits per heavy atom. The van der Waals surface area contributed by atoms with Gasteiger partial charge < -0.3 is 5.73 Å². The van der Waals surface area contributed by atoms with Gasteiger partial charge in [0, 0.05) is 16.7 Å².